The van der Waals surface area contributed by atoms with Gasteiger partial charge in [0.1, 0.15) is 0 Å². The van der Waals surface area contributed by atoms with Gasteiger partial charge in [0.2, 0.25) is 10.0 Å². The molecule has 160 valence electrons. The molecule has 1 aliphatic carbocycles. The van der Waals surface area contributed by atoms with Crippen molar-refractivity contribution < 1.29 is 13.2 Å². The van der Waals surface area contributed by atoms with Crippen LogP contribution in [-0.2, 0) is 16.6 Å². The minimum Gasteiger partial charge on any atom is -0.267 e. The van der Waals surface area contributed by atoms with Crippen molar-refractivity contribution in [3.8, 4) is 0 Å². The van der Waals surface area contributed by atoms with Gasteiger partial charge in [-0.05, 0) is 62.4 Å². The minimum absolute atomic E-state index is 0.223. The number of benzene rings is 2. The smallest absolute Gasteiger partial charge is 0.267 e. The maximum Gasteiger partial charge on any atom is 0.271 e. The summed E-state index contributed by atoms with van der Waals surface area (Å²) in [5.74, 6) is -0.251. The number of aryl methyl sites for hydroxylation is 1. The maximum absolute atomic E-state index is 12.7. The Morgan fingerprint density at radius 1 is 0.967 bits per heavy atom. The van der Waals surface area contributed by atoms with Crippen LogP contribution in [0.5, 0.6) is 0 Å². The zero-order valence-corrected chi connectivity index (χ0v) is 18.4. The predicted octanol–water partition coefficient (Wildman–Crippen LogP) is 4.26. The van der Waals surface area contributed by atoms with Gasteiger partial charge in [-0.3, -0.25) is 4.79 Å². The highest BCUT2D eigenvalue weighted by molar-refractivity contribution is 7.89. The number of nitrogens with one attached hydrogen (secondary N) is 1. The van der Waals surface area contributed by atoms with Crippen LogP contribution in [0.1, 0.15) is 60.0 Å². The van der Waals surface area contributed by atoms with Gasteiger partial charge in [-0.1, -0.05) is 42.7 Å². The molecule has 2 aromatic carbocycles. The van der Waals surface area contributed by atoms with Gasteiger partial charge >= 0.3 is 0 Å². The van der Waals surface area contributed by atoms with E-state index in [4.69, 9.17) is 0 Å². The van der Waals surface area contributed by atoms with Crippen molar-refractivity contribution >= 4 is 21.6 Å². The van der Waals surface area contributed by atoms with Crippen LogP contribution < -0.4 is 5.43 Å². The molecule has 0 aliphatic heterocycles. The summed E-state index contributed by atoms with van der Waals surface area (Å²) in [4.78, 5) is 12.6. The topological polar surface area (TPSA) is 78.8 Å². The molecule has 0 unspecified atom stereocenters. The Morgan fingerprint density at radius 3 is 2.17 bits per heavy atom. The number of nitrogens with zero attached hydrogens (tertiary/aromatic N) is 2. The highest BCUT2D eigenvalue weighted by Gasteiger charge is 2.20. The SMILES string of the molecule is Cc1ccc(S(=O)(=O)N(C)Cc2ccc(C(=O)NN=C3CCCCCC3)cc2)cc1. The Morgan fingerprint density at radius 2 is 1.57 bits per heavy atom. The zero-order valence-electron chi connectivity index (χ0n) is 17.6. The van der Waals surface area contributed by atoms with E-state index in [0.717, 1.165) is 42.5 Å². The lowest BCUT2D eigenvalue weighted by Gasteiger charge is -2.17. The summed E-state index contributed by atoms with van der Waals surface area (Å²) in [7, 11) is -2.01. The quantitative estimate of drug-likeness (QED) is 0.553. The summed E-state index contributed by atoms with van der Waals surface area (Å²) >= 11 is 0. The molecule has 1 fully saturated rings. The van der Waals surface area contributed by atoms with E-state index < -0.39 is 10.0 Å². The summed E-state index contributed by atoms with van der Waals surface area (Å²) in [6.45, 7) is 2.14. The third kappa shape index (κ3) is 5.77. The highest BCUT2D eigenvalue weighted by Crippen LogP contribution is 2.18. The largest absolute Gasteiger partial charge is 0.271 e. The van der Waals surface area contributed by atoms with E-state index in [0.29, 0.717) is 5.56 Å². The van der Waals surface area contributed by atoms with E-state index in [1.165, 1.54) is 17.1 Å². The predicted molar refractivity (Wildman–Crippen MR) is 119 cm³/mol. The minimum atomic E-state index is -3.57. The molecule has 3 rings (SSSR count). The van der Waals surface area contributed by atoms with E-state index >= 15 is 0 Å². The van der Waals surface area contributed by atoms with Crippen LogP contribution in [0, 0.1) is 6.92 Å². The lowest BCUT2D eigenvalue weighted by molar-refractivity contribution is 0.0954. The Kier molecular flexibility index (Phi) is 7.39. The molecule has 1 aliphatic rings. The molecule has 0 saturated heterocycles. The molecule has 0 aromatic heterocycles. The Balaban J connectivity index is 1.61. The third-order valence-corrected chi connectivity index (χ3v) is 7.16. The van der Waals surface area contributed by atoms with Gasteiger partial charge in [0.15, 0.2) is 0 Å². The van der Waals surface area contributed by atoms with Crippen LogP contribution in [0.3, 0.4) is 0 Å². The van der Waals surface area contributed by atoms with Gasteiger partial charge in [0, 0.05) is 24.9 Å². The monoisotopic (exact) mass is 427 g/mol. The highest BCUT2D eigenvalue weighted by atomic mass is 32.2. The molecule has 0 spiro atoms. The lowest BCUT2D eigenvalue weighted by atomic mass is 10.1. The van der Waals surface area contributed by atoms with Crippen LogP contribution in [0.15, 0.2) is 58.5 Å². The van der Waals surface area contributed by atoms with Crippen LogP contribution >= 0.6 is 0 Å². The van der Waals surface area contributed by atoms with Gasteiger partial charge in [-0.2, -0.15) is 9.41 Å². The van der Waals surface area contributed by atoms with Crippen molar-refractivity contribution in [3.63, 3.8) is 0 Å². The Labute approximate surface area is 179 Å². The van der Waals surface area contributed by atoms with Crippen LogP contribution in [0.25, 0.3) is 0 Å². The van der Waals surface area contributed by atoms with E-state index in [9.17, 15) is 13.2 Å². The van der Waals surface area contributed by atoms with E-state index in [2.05, 4.69) is 10.5 Å². The van der Waals surface area contributed by atoms with Gasteiger partial charge in [-0.25, -0.2) is 13.8 Å². The number of rotatable bonds is 6. The average Bonchev–Trinajstić information content (AvgIpc) is 3.01. The first-order valence-electron chi connectivity index (χ1n) is 10.3. The van der Waals surface area contributed by atoms with Crippen molar-refractivity contribution in [2.75, 3.05) is 7.05 Å². The molecule has 0 radical (unpaired) electrons. The van der Waals surface area contributed by atoms with Gasteiger partial charge in [0.05, 0.1) is 4.90 Å². The summed E-state index contributed by atoms with van der Waals surface area (Å²) in [5.41, 5.74) is 6.02. The van der Waals surface area contributed by atoms with Crippen LogP contribution in [0.2, 0.25) is 0 Å². The first-order chi connectivity index (χ1) is 14.4. The first-order valence-corrected chi connectivity index (χ1v) is 11.8. The standard InChI is InChI=1S/C23H29N3O3S/c1-18-9-15-22(16-10-18)30(28,29)26(2)17-19-11-13-20(14-12-19)23(27)25-24-21-7-5-3-4-6-8-21/h9-16H,3-8,17H2,1-2H3,(H,25,27). The summed E-state index contributed by atoms with van der Waals surface area (Å²) in [6.07, 6.45) is 6.60. The van der Waals surface area contributed by atoms with Crippen molar-refractivity contribution in [3.05, 3.63) is 65.2 Å². The fraction of sp³-hybridized carbons (Fsp3) is 0.391. The number of hydrogen-bond acceptors (Lipinski definition) is 4. The number of carbonyl (C=O) groups excluding carboxylic acids is 1. The normalized spacial score (nSPS) is 15.0. The van der Waals surface area contributed by atoms with Crippen molar-refractivity contribution in [1.29, 1.82) is 0 Å². The fourth-order valence-corrected chi connectivity index (χ4v) is 4.60. The molecule has 1 saturated carbocycles. The average molecular weight is 428 g/mol. The molecular formula is C23H29N3O3S. The number of hydrazone groups is 1. The molecule has 1 amide bonds. The fourth-order valence-electron chi connectivity index (χ4n) is 3.44. The Hall–Kier alpha value is -2.51. The molecule has 6 nitrogen and oxygen atoms in total. The molecular weight excluding hydrogens is 398 g/mol. The van der Waals surface area contributed by atoms with Crippen LogP contribution in [0.4, 0.5) is 0 Å². The molecule has 0 bridgehead atoms. The number of hydrogen-bond donors (Lipinski definition) is 1. The third-order valence-electron chi connectivity index (χ3n) is 5.35. The molecule has 7 heteroatoms. The number of carbonyl (C=O) groups is 1. The van der Waals surface area contributed by atoms with Gasteiger partial charge in [-0.15, -0.1) is 0 Å². The van der Waals surface area contributed by atoms with Crippen molar-refractivity contribution in [2.45, 2.75) is 56.9 Å². The van der Waals surface area contributed by atoms with Gasteiger partial charge in [0.25, 0.3) is 5.91 Å². The van der Waals surface area contributed by atoms with E-state index in [-0.39, 0.29) is 17.3 Å². The molecule has 1 N–H and O–H groups in total. The van der Waals surface area contributed by atoms with E-state index in [1.54, 1.807) is 55.6 Å². The van der Waals surface area contributed by atoms with Crippen molar-refractivity contribution in [2.24, 2.45) is 5.10 Å². The van der Waals surface area contributed by atoms with E-state index in [1.807, 2.05) is 6.92 Å². The molecule has 30 heavy (non-hydrogen) atoms. The second-order valence-electron chi connectivity index (χ2n) is 7.80. The summed E-state index contributed by atoms with van der Waals surface area (Å²) in [6, 6.07) is 13.7. The molecule has 0 heterocycles. The van der Waals surface area contributed by atoms with Gasteiger partial charge < -0.3 is 0 Å². The van der Waals surface area contributed by atoms with Crippen LogP contribution in [-0.4, -0.2) is 31.4 Å². The Bertz CT molecular complexity index is 987. The summed E-state index contributed by atoms with van der Waals surface area (Å²) in [5, 5.41) is 4.29. The van der Waals surface area contributed by atoms with Crippen molar-refractivity contribution in [1.82, 2.24) is 9.73 Å². The number of amides is 1. The first kappa shape index (κ1) is 22.2. The summed E-state index contributed by atoms with van der Waals surface area (Å²) < 4.78 is 26.8. The second kappa shape index (κ2) is 10.00. The lowest BCUT2D eigenvalue weighted by Crippen LogP contribution is -2.26. The molecule has 0 atom stereocenters. The maximum atomic E-state index is 12.7. The second-order valence-corrected chi connectivity index (χ2v) is 9.85. The molecule has 2 aromatic rings. The zero-order chi connectivity index (χ0) is 21.6. The number of sulfonamides is 1.